The van der Waals surface area contributed by atoms with Crippen LogP contribution in [0.2, 0.25) is 0 Å². The molecule has 1 aromatic rings. The maximum absolute atomic E-state index is 12.6. The summed E-state index contributed by atoms with van der Waals surface area (Å²) in [7, 11) is 0. The van der Waals surface area contributed by atoms with Crippen LogP contribution in [-0.4, -0.2) is 23.9 Å². The van der Waals surface area contributed by atoms with Crippen LogP contribution < -0.4 is 0 Å². The molecule has 3 rings (SSSR count). The first-order valence-corrected chi connectivity index (χ1v) is 7.49. The Morgan fingerprint density at radius 1 is 1.05 bits per heavy atom. The van der Waals surface area contributed by atoms with Crippen LogP contribution in [0.4, 0.5) is 0 Å². The van der Waals surface area contributed by atoms with Crippen LogP contribution in [0.1, 0.15) is 38.2 Å². The maximum Gasteiger partial charge on any atom is 0.226 e. The minimum absolute atomic E-state index is 0.250. The third kappa shape index (κ3) is 2.68. The SMILES string of the molecule is C[C@@H]1C[C@H](C)CN(C(=O)[C@@H]2C[C@H]2c2ccccc2)C1. The van der Waals surface area contributed by atoms with E-state index in [4.69, 9.17) is 0 Å². The summed E-state index contributed by atoms with van der Waals surface area (Å²) in [6.07, 6.45) is 2.30. The van der Waals surface area contributed by atoms with Crippen molar-refractivity contribution in [1.82, 2.24) is 4.90 Å². The van der Waals surface area contributed by atoms with Gasteiger partial charge < -0.3 is 4.90 Å². The van der Waals surface area contributed by atoms with Crippen molar-refractivity contribution < 1.29 is 4.79 Å². The summed E-state index contributed by atoms with van der Waals surface area (Å²) in [6.45, 7) is 6.44. The van der Waals surface area contributed by atoms with Gasteiger partial charge in [0, 0.05) is 19.0 Å². The van der Waals surface area contributed by atoms with Gasteiger partial charge in [0.25, 0.3) is 0 Å². The molecule has 1 aliphatic carbocycles. The van der Waals surface area contributed by atoms with E-state index in [2.05, 4.69) is 43.0 Å². The van der Waals surface area contributed by atoms with Crippen LogP contribution in [0.15, 0.2) is 30.3 Å². The van der Waals surface area contributed by atoms with Crippen LogP contribution >= 0.6 is 0 Å². The Labute approximate surface area is 115 Å². The molecule has 1 saturated carbocycles. The number of likely N-dealkylation sites (tertiary alicyclic amines) is 1. The Bertz CT molecular complexity index is 446. The molecule has 1 aliphatic heterocycles. The smallest absolute Gasteiger partial charge is 0.226 e. The molecule has 1 heterocycles. The molecule has 1 aromatic carbocycles. The number of piperidine rings is 1. The fourth-order valence-electron chi connectivity index (χ4n) is 3.61. The van der Waals surface area contributed by atoms with Gasteiger partial charge in [-0.05, 0) is 36.2 Å². The molecule has 0 aromatic heterocycles. The Kier molecular flexibility index (Phi) is 3.34. The minimum atomic E-state index is 0.250. The number of carbonyl (C=O) groups is 1. The van der Waals surface area contributed by atoms with Gasteiger partial charge in [-0.3, -0.25) is 4.79 Å². The largest absolute Gasteiger partial charge is 0.342 e. The van der Waals surface area contributed by atoms with Gasteiger partial charge in [0.05, 0.1) is 0 Å². The van der Waals surface area contributed by atoms with E-state index in [1.807, 2.05) is 6.07 Å². The molecule has 2 nitrogen and oxygen atoms in total. The molecule has 0 N–H and O–H groups in total. The van der Waals surface area contributed by atoms with E-state index < -0.39 is 0 Å². The molecule has 102 valence electrons. The van der Waals surface area contributed by atoms with E-state index in [1.165, 1.54) is 12.0 Å². The van der Waals surface area contributed by atoms with Gasteiger partial charge in [-0.25, -0.2) is 0 Å². The lowest BCUT2D eigenvalue weighted by Gasteiger charge is -2.35. The summed E-state index contributed by atoms with van der Waals surface area (Å²) in [6, 6.07) is 10.5. The topological polar surface area (TPSA) is 20.3 Å². The van der Waals surface area contributed by atoms with Gasteiger partial charge in [-0.15, -0.1) is 0 Å². The van der Waals surface area contributed by atoms with Crippen LogP contribution in [-0.2, 0) is 4.79 Å². The lowest BCUT2D eigenvalue weighted by atomic mass is 9.91. The molecule has 0 spiro atoms. The standard InChI is InChI=1S/C17H23NO/c1-12-8-13(2)11-18(10-12)17(19)16-9-15(16)14-6-4-3-5-7-14/h3-7,12-13,15-16H,8-11H2,1-2H3/t12-,13+,15-,16+/m0/s1. The molecule has 1 saturated heterocycles. The Morgan fingerprint density at radius 2 is 1.68 bits per heavy atom. The zero-order valence-corrected chi connectivity index (χ0v) is 11.9. The highest BCUT2D eigenvalue weighted by Crippen LogP contribution is 2.48. The minimum Gasteiger partial charge on any atom is -0.342 e. The number of rotatable bonds is 2. The normalized spacial score (nSPS) is 34.1. The van der Waals surface area contributed by atoms with Gasteiger partial charge in [0.1, 0.15) is 0 Å². The zero-order chi connectivity index (χ0) is 13.4. The Hall–Kier alpha value is -1.31. The monoisotopic (exact) mass is 257 g/mol. The molecule has 0 unspecified atom stereocenters. The first-order valence-electron chi connectivity index (χ1n) is 7.49. The highest BCUT2D eigenvalue weighted by molar-refractivity contribution is 5.83. The summed E-state index contributed by atoms with van der Waals surface area (Å²) in [5, 5.41) is 0. The molecule has 19 heavy (non-hydrogen) atoms. The molecule has 4 atom stereocenters. The Balaban J connectivity index is 1.63. The average molecular weight is 257 g/mol. The zero-order valence-electron chi connectivity index (χ0n) is 11.9. The molecular weight excluding hydrogens is 234 g/mol. The number of hydrogen-bond donors (Lipinski definition) is 0. The van der Waals surface area contributed by atoms with Crippen molar-refractivity contribution in [2.24, 2.45) is 17.8 Å². The van der Waals surface area contributed by atoms with Crippen molar-refractivity contribution in [3.8, 4) is 0 Å². The lowest BCUT2D eigenvalue weighted by molar-refractivity contribution is -0.135. The van der Waals surface area contributed by atoms with E-state index in [0.717, 1.165) is 19.5 Å². The quantitative estimate of drug-likeness (QED) is 0.796. The fraction of sp³-hybridized carbons (Fsp3) is 0.588. The lowest BCUT2D eigenvalue weighted by Crippen LogP contribution is -2.43. The Morgan fingerprint density at radius 3 is 2.32 bits per heavy atom. The third-order valence-electron chi connectivity index (χ3n) is 4.52. The molecule has 2 aliphatic rings. The highest BCUT2D eigenvalue weighted by Gasteiger charge is 2.46. The summed E-state index contributed by atoms with van der Waals surface area (Å²) >= 11 is 0. The summed E-state index contributed by atoms with van der Waals surface area (Å²) in [4.78, 5) is 14.7. The van der Waals surface area contributed by atoms with Crippen LogP contribution in [0, 0.1) is 17.8 Å². The second-order valence-corrected chi connectivity index (χ2v) is 6.55. The van der Waals surface area contributed by atoms with Crippen LogP contribution in [0.5, 0.6) is 0 Å². The maximum atomic E-state index is 12.6. The van der Waals surface area contributed by atoms with Gasteiger partial charge in [0.2, 0.25) is 5.91 Å². The van der Waals surface area contributed by atoms with Crippen molar-refractivity contribution in [3.05, 3.63) is 35.9 Å². The van der Waals surface area contributed by atoms with E-state index in [1.54, 1.807) is 0 Å². The van der Waals surface area contributed by atoms with Gasteiger partial charge in [0.15, 0.2) is 0 Å². The van der Waals surface area contributed by atoms with Crippen molar-refractivity contribution in [1.29, 1.82) is 0 Å². The molecule has 1 amide bonds. The highest BCUT2D eigenvalue weighted by atomic mass is 16.2. The van der Waals surface area contributed by atoms with Gasteiger partial charge in [-0.1, -0.05) is 44.2 Å². The molecule has 2 heteroatoms. The molecular formula is C17H23NO. The van der Waals surface area contributed by atoms with Gasteiger partial charge >= 0.3 is 0 Å². The first-order chi connectivity index (χ1) is 9.15. The van der Waals surface area contributed by atoms with E-state index in [-0.39, 0.29) is 5.92 Å². The second-order valence-electron chi connectivity index (χ2n) is 6.55. The number of amides is 1. The van der Waals surface area contributed by atoms with E-state index >= 15 is 0 Å². The predicted molar refractivity (Wildman–Crippen MR) is 76.8 cm³/mol. The molecule has 0 radical (unpaired) electrons. The summed E-state index contributed by atoms with van der Waals surface area (Å²) in [5.74, 6) is 2.43. The number of nitrogens with zero attached hydrogens (tertiary/aromatic N) is 1. The van der Waals surface area contributed by atoms with E-state index in [0.29, 0.717) is 23.7 Å². The van der Waals surface area contributed by atoms with Crippen molar-refractivity contribution in [3.63, 3.8) is 0 Å². The first kappa shape index (κ1) is 12.7. The van der Waals surface area contributed by atoms with Gasteiger partial charge in [-0.2, -0.15) is 0 Å². The number of benzene rings is 1. The molecule has 2 fully saturated rings. The van der Waals surface area contributed by atoms with Crippen molar-refractivity contribution >= 4 is 5.91 Å². The van der Waals surface area contributed by atoms with Crippen LogP contribution in [0.3, 0.4) is 0 Å². The number of hydrogen-bond acceptors (Lipinski definition) is 1. The fourth-order valence-corrected chi connectivity index (χ4v) is 3.61. The third-order valence-corrected chi connectivity index (χ3v) is 4.52. The van der Waals surface area contributed by atoms with Crippen molar-refractivity contribution in [2.75, 3.05) is 13.1 Å². The van der Waals surface area contributed by atoms with E-state index in [9.17, 15) is 4.79 Å². The predicted octanol–water partition coefficient (Wildman–Crippen LogP) is 3.29. The van der Waals surface area contributed by atoms with Crippen LogP contribution in [0.25, 0.3) is 0 Å². The summed E-state index contributed by atoms with van der Waals surface area (Å²) in [5.41, 5.74) is 1.33. The number of carbonyl (C=O) groups excluding carboxylic acids is 1. The second kappa shape index (κ2) is 4.99. The average Bonchev–Trinajstić information content (AvgIpc) is 3.18. The summed E-state index contributed by atoms with van der Waals surface area (Å²) < 4.78 is 0. The molecule has 0 bridgehead atoms. The van der Waals surface area contributed by atoms with Crippen molar-refractivity contribution in [2.45, 2.75) is 32.6 Å².